The van der Waals surface area contributed by atoms with Crippen LogP contribution in [0.3, 0.4) is 0 Å². The lowest BCUT2D eigenvalue weighted by molar-refractivity contribution is -0.116. The number of nitrogens with one attached hydrogen (secondary N) is 3. The van der Waals surface area contributed by atoms with Gasteiger partial charge in [-0.05, 0) is 74.0 Å². The summed E-state index contributed by atoms with van der Waals surface area (Å²) >= 11 is 0. The molecule has 232 valence electrons. The molecule has 3 N–H and O–H groups in total. The monoisotopic (exact) mass is 610 g/mol. The van der Waals surface area contributed by atoms with Crippen LogP contribution < -0.4 is 20.7 Å². The summed E-state index contributed by atoms with van der Waals surface area (Å²) in [4.78, 5) is 30.0. The van der Waals surface area contributed by atoms with Crippen LogP contribution in [-0.4, -0.2) is 36.3 Å². The number of benzene rings is 5. The maximum atomic E-state index is 14.5. The molecule has 2 heterocycles. The van der Waals surface area contributed by atoms with Gasteiger partial charge >= 0.3 is 0 Å². The highest BCUT2D eigenvalue weighted by atomic mass is 16.5. The first-order chi connectivity index (χ1) is 22.4. The van der Waals surface area contributed by atoms with Crippen molar-refractivity contribution in [3.63, 3.8) is 0 Å². The molecule has 2 aliphatic rings. The Kier molecular flexibility index (Phi) is 7.40. The number of hydrogen-bond donors (Lipinski definition) is 3. The van der Waals surface area contributed by atoms with Crippen LogP contribution >= 0.6 is 0 Å². The molecule has 0 radical (unpaired) electrons. The Hall–Kier alpha value is -5.30. The highest BCUT2D eigenvalue weighted by Crippen LogP contribution is 2.58. The molecule has 0 saturated carbocycles. The zero-order valence-electron chi connectivity index (χ0n) is 26.7. The zero-order chi connectivity index (χ0) is 32.0. The SMILES string of the molecule is CCNc1cc2c(cc1C)C1(c3cc(C)c(NCC)cc3O2)c2ccccc2C(=O)N1CCC(=O)Nc1cccc2ccccc12. The average molecular weight is 611 g/mol. The molecule has 0 atom stereocenters. The van der Waals surface area contributed by atoms with Crippen molar-refractivity contribution in [2.45, 2.75) is 39.7 Å². The van der Waals surface area contributed by atoms with Crippen LogP contribution in [0.1, 0.15) is 58.4 Å². The number of carbonyl (C=O) groups is 2. The molecule has 0 aliphatic carbocycles. The van der Waals surface area contributed by atoms with Gasteiger partial charge in [0.05, 0.1) is 0 Å². The van der Waals surface area contributed by atoms with Crippen molar-refractivity contribution in [2.75, 3.05) is 35.6 Å². The molecule has 0 aromatic heterocycles. The smallest absolute Gasteiger partial charge is 0.255 e. The summed E-state index contributed by atoms with van der Waals surface area (Å²) in [5.41, 5.74) is 7.16. The first-order valence-corrected chi connectivity index (χ1v) is 16.0. The molecule has 0 bridgehead atoms. The topological polar surface area (TPSA) is 82.7 Å². The maximum Gasteiger partial charge on any atom is 0.255 e. The van der Waals surface area contributed by atoms with Gasteiger partial charge < -0.3 is 25.6 Å². The predicted octanol–water partition coefficient (Wildman–Crippen LogP) is 8.20. The van der Waals surface area contributed by atoms with Crippen molar-refractivity contribution in [2.24, 2.45) is 0 Å². The molecule has 2 amide bonds. The van der Waals surface area contributed by atoms with Crippen LogP contribution in [0.25, 0.3) is 10.8 Å². The largest absolute Gasteiger partial charge is 0.456 e. The molecule has 0 fully saturated rings. The number of ether oxygens (including phenoxy) is 1. The number of anilines is 3. The third kappa shape index (κ3) is 4.57. The third-order valence-corrected chi connectivity index (χ3v) is 9.21. The molecule has 0 saturated heterocycles. The lowest BCUT2D eigenvalue weighted by atomic mass is 9.73. The fourth-order valence-electron chi connectivity index (χ4n) is 7.17. The van der Waals surface area contributed by atoms with E-state index in [0.29, 0.717) is 17.1 Å². The van der Waals surface area contributed by atoms with E-state index in [1.54, 1.807) is 0 Å². The molecule has 2 aliphatic heterocycles. The Labute approximate surface area is 269 Å². The number of aryl methyl sites for hydroxylation is 2. The highest BCUT2D eigenvalue weighted by Gasteiger charge is 2.56. The molecule has 7 rings (SSSR count). The fourth-order valence-corrected chi connectivity index (χ4v) is 7.17. The van der Waals surface area contributed by atoms with Gasteiger partial charge in [0.25, 0.3) is 5.91 Å². The standard InChI is InChI=1S/C39H38N4O3/c1-5-40-33-22-35-30(20-24(33)3)39(31-21-25(4)34(41-6-2)23-36(31)46-35)29-16-10-9-15-28(29)38(45)43(39)19-18-37(44)42-32-17-11-13-26-12-7-8-14-27(26)32/h7-17,20-23,40-41H,5-6,18-19H2,1-4H3,(H,42,44). The van der Waals surface area contributed by atoms with E-state index in [4.69, 9.17) is 4.74 Å². The van der Waals surface area contributed by atoms with Crippen molar-refractivity contribution >= 4 is 39.6 Å². The van der Waals surface area contributed by atoms with E-state index in [2.05, 4.69) is 55.8 Å². The minimum absolute atomic E-state index is 0.103. The second kappa shape index (κ2) is 11.6. The number of fused-ring (bicyclic) bond motifs is 7. The van der Waals surface area contributed by atoms with Crippen molar-refractivity contribution in [1.29, 1.82) is 0 Å². The maximum absolute atomic E-state index is 14.5. The second-order valence-corrected chi connectivity index (χ2v) is 12.0. The van der Waals surface area contributed by atoms with Gasteiger partial charge in [0.1, 0.15) is 17.0 Å². The molecular formula is C39H38N4O3. The summed E-state index contributed by atoms with van der Waals surface area (Å²) in [6, 6.07) is 30.1. The first-order valence-electron chi connectivity index (χ1n) is 16.0. The van der Waals surface area contributed by atoms with Gasteiger partial charge in [-0.1, -0.05) is 54.6 Å². The third-order valence-electron chi connectivity index (χ3n) is 9.21. The highest BCUT2D eigenvalue weighted by molar-refractivity contribution is 6.04. The van der Waals surface area contributed by atoms with Gasteiger partial charge in [-0.2, -0.15) is 0 Å². The minimum Gasteiger partial charge on any atom is -0.456 e. The molecule has 7 heteroatoms. The van der Waals surface area contributed by atoms with Crippen molar-refractivity contribution < 1.29 is 14.3 Å². The number of rotatable bonds is 8. The van der Waals surface area contributed by atoms with Crippen LogP contribution in [0.2, 0.25) is 0 Å². The Bertz CT molecular complexity index is 1950. The van der Waals surface area contributed by atoms with Gasteiger partial charge in [0, 0.05) is 77.3 Å². The van der Waals surface area contributed by atoms with Gasteiger partial charge in [0.15, 0.2) is 0 Å². The van der Waals surface area contributed by atoms with Crippen molar-refractivity contribution in [3.8, 4) is 11.5 Å². The van der Waals surface area contributed by atoms with E-state index in [0.717, 1.165) is 68.7 Å². The molecule has 5 aromatic carbocycles. The lowest BCUT2D eigenvalue weighted by Gasteiger charge is -2.45. The molecule has 1 spiro atoms. The molecule has 7 nitrogen and oxygen atoms in total. The first kappa shape index (κ1) is 29.4. The van der Waals surface area contributed by atoms with Crippen LogP contribution in [0.5, 0.6) is 11.5 Å². The molecule has 0 unspecified atom stereocenters. The van der Waals surface area contributed by atoms with Gasteiger partial charge in [-0.3, -0.25) is 9.59 Å². The number of carbonyl (C=O) groups excluding carboxylic acids is 2. The van der Waals surface area contributed by atoms with Gasteiger partial charge in [-0.25, -0.2) is 0 Å². The predicted molar refractivity (Wildman–Crippen MR) is 185 cm³/mol. The van der Waals surface area contributed by atoms with Crippen LogP contribution in [-0.2, 0) is 10.3 Å². The molecular weight excluding hydrogens is 572 g/mol. The summed E-state index contributed by atoms with van der Waals surface area (Å²) in [7, 11) is 0. The van der Waals surface area contributed by atoms with Crippen molar-refractivity contribution in [3.05, 3.63) is 124 Å². The minimum atomic E-state index is -0.985. The van der Waals surface area contributed by atoms with Gasteiger partial charge in [-0.15, -0.1) is 0 Å². The Balaban J connectivity index is 1.37. The van der Waals surface area contributed by atoms with E-state index >= 15 is 0 Å². The van der Waals surface area contributed by atoms with E-state index in [-0.39, 0.29) is 24.8 Å². The summed E-state index contributed by atoms with van der Waals surface area (Å²) < 4.78 is 6.70. The van der Waals surface area contributed by atoms with Gasteiger partial charge in [0.2, 0.25) is 5.91 Å². The van der Waals surface area contributed by atoms with E-state index in [1.165, 1.54) is 0 Å². The number of hydrogen-bond acceptors (Lipinski definition) is 5. The zero-order valence-corrected chi connectivity index (χ0v) is 26.7. The summed E-state index contributed by atoms with van der Waals surface area (Å²) in [5, 5.41) is 12.1. The molecule has 5 aromatic rings. The van der Waals surface area contributed by atoms with Crippen LogP contribution in [0.4, 0.5) is 17.1 Å². The Morgan fingerprint density at radius 3 is 2.02 bits per heavy atom. The second-order valence-electron chi connectivity index (χ2n) is 12.0. The Morgan fingerprint density at radius 2 is 1.35 bits per heavy atom. The lowest BCUT2D eigenvalue weighted by Crippen LogP contribution is -2.48. The summed E-state index contributed by atoms with van der Waals surface area (Å²) in [6.45, 7) is 10.0. The number of amides is 2. The average Bonchev–Trinajstić information content (AvgIpc) is 3.30. The Morgan fingerprint density at radius 1 is 0.739 bits per heavy atom. The molecule has 46 heavy (non-hydrogen) atoms. The van der Waals surface area contributed by atoms with E-state index < -0.39 is 5.54 Å². The summed E-state index contributed by atoms with van der Waals surface area (Å²) in [5.74, 6) is 1.12. The van der Waals surface area contributed by atoms with Crippen LogP contribution in [0, 0.1) is 13.8 Å². The normalized spacial score (nSPS) is 14.0. The van der Waals surface area contributed by atoms with Crippen LogP contribution in [0.15, 0.2) is 91.0 Å². The van der Waals surface area contributed by atoms with E-state index in [1.807, 2.05) is 83.8 Å². The quantitative estimate of drug-likeness (QED) is 0.165. The van der Waals surface area contributed by atoms with Crippen molar-refractivity contribution in [1.82, 2.24) is 4.90 Å². The number of nitrogens with zero attached hydrogens (tertiary/aromatic N) is 1. The fraction of sp³-hybridized carbons (Fsp3) is 0.231. The van der Waals surface area contributed by atoms with E-state index in [9.17, 15) is 9.59 Å². The summed E-state index contributed by atoms with van der Waals surface area (Å²) in [6.07, 6.45) is 0.124.